The van der Waals surface area contributed by atoms with Gasteiger partial charge in [0.1, 0.15) is 0 Å². The number of rotatable bonds is 3. The Kier molecular flexibility index (Phi) is 4.42. The molecule has 6 heteroatoms. The molecule has 0 saturated heterocycles. The van der Waals surface area contributed by atoms with E-state index in [0.29, 0.717) is 29.8 Å². The Morgan fingerprint density at radius 1 is 1.19 bits per heavy atom. The van der Waals surface area contributed by atoms with Crippen LogP contribution in [0.15, 0.2) is 42.5 Å². The highest BCUT2D eigenvalue weighted by Crippen LogP contribution is 2.34. The predicted molar refractivity (Wildman–Crippen MR) is 99.6 cm³/mol. The lowest BCUT2D eigenvalue weighted by Crippen LogP contribution is -2.47. The minimum atomic E-state index is -0.129. The number of benzene rings is 2. The minimum absolute atomic E-state index is 0.129. The highest BCUT2D eigenvalue weighted by molar-refractivity contribution is 5.89. The van der Waals surface area contributed by atoms with Gasteiger partial charge in [-0.15, -0.1) is 0 Å². The summed E-state index contributed by atoms with van der Waals surface area (Å²) in [7, 11) is 3.95. The fraction of sp³-hybridized carbons (Fsp3) is 0.350. The first-order valence-electron chi connectivity index (χ1n) is 8.79. The molecule has 6 nitrogen and oxygen atoms in total. The van der Waals surface area contributed by atoms with Gasteiger partial charge in [0.15, 0.2) is 11.5 Å². The van der Waals surface area contributed by atoms with Crippen LogP contribution in [0.3, 0.4) is 0 Å². The number of urea groups is 1. The van der Waals surface area contributed by atoms with Crippen LogP contribution in [0.2, 0.25) is 0 Å². The van der Waals surface area contributed by atoms with Crippen LogP contribution in [0.5, 0.6) is 11.5 Å². The van der Waals surface area contributed by atoms with Crippen LogP contribution in [0, 0.1) is 0 Å². The van der Waals surface area contributed by atoms with E-state index >= 15 is 0 Å². The van der Waals surface area contributed by atoms with Gasteiger partial charge in [0.05, 0.1) is 0 Å². The summed E-state index contributed by atoms with van der Waals surface area (Å²) in [4.78, 5) is 16.6. The van der Waals surface area contributed by atoms with Crippen LogP contribution in [0.25, 0.3) is 0 Å². The molecule has 1 N–H and O–H groups in total. The lowest BCUT2D eigenvalue weighted by Gasteiger charge is -2.36. The van der Waals surface area contributed by atoms with Crippen molar-refractivity contribution in [3.05, 3.63) is 53.6 Å². The maximum Gasteiger partial charge on any atom is 0.321 e. The average Bonchev–Trinajstić information content (AvgIpc) is 3.10. The number of likely N-dealkylation sites (N-methyl/N-ethyl adjacent to an activating group) is 2. The third-order valence-electron chi connectivity index (χ3n) is 5.07. The van der Waals surface area contributed by atoms with E-state index in [4.69, 9.17) is 9.47 Å². The molecule has 2 aliphatic rings. The molecule has 136 valence electrons. The van der Waals surface area contributed by atoms with Gasteiger partial charge in [-0.25, -0.2) is 4.79 Å². The maximum atomic E-state index is 12.6. The van der Waals surface area contributed by atoms with Crippen LogP contribution in [-0.2, 0) is 13.0 Å². The molecule has 2 heterocycles. The van der Waals surface area contributed by atoms with Gasteiger partial charge in [-0.05, 0) is 36.7 Å². The van der Waals surface area contributed by atoms with Gasteiger partial charge in [0.25, 0.3) is 0 Å². The number of anilines is 1. The number of amides is 2. The monoisotopic (exact) mass is 353 g/mol. The number of ether oxygens (including phenoxy) is 2. The summed E-state index contributed by atoms with van der Waals surface area (Å²) < 4.78 is 10.7. The third kappa shape index (κ3) is 3.32. The maximum absolute atomic E-state index is 12.6. The van der Waals surface area contributed by atoms with Gasteiger partial charge in [-0.1, -0.05) is 24.3 Å². The molecular formula is C20H23N3O3. The van der Waals surface area contributed by atoms with Crippen LogP contribution < -0.4 is 14.8 Å². The van der Waals surface area contributed by atoms with Crippen molar-refractivity contribution in [3.8, 4) is 11.5 Å². The van der Waals surface area contributed by atoms with E-state index in [0.717, 1.165) is 13.0 Å². The van der Waals surface area contributed by atoms with Crippen LogP contribution >= 0.6 is 0 Å². The van der Waals surface area contributed by atoms with Crippen LogP contribution in [0.4, 0.5) is 10.5 Å². The Morgan fingerprint density at radius 2 is 1.96 bits per heavy atom. The molecular weight excluding hydrogens is 330 g/mol. The Morgan fingerprint density at radius 3 is 2.81 bits per heavy atom. The van der Waals surface area contributed by atoms with E-state index in [2.05, 4.69) is 41.5 Å². The minimum Gasteiger partial charge on any atom is -0.454 e. The second-order valence-corrected chi connectivity index (χ2v) is 6.92. The number of carbonyl (C=O) groups excluding carboxylic acids is 1. The first-order chi connectivity index (χ1) is 12.6. The van der Waals surface area contributed by atoms with Crippen LogP contribution in [-0.4, -0.2) is 49.3 Å². The summed E-state index contributed by atoms with van der Waals surface area (Å²) in [6.45, 7) is 1.81. The first kappa shape index (κ1) is 16.7. The van der Waals surface area contributed by atoms with Crippen LogP contribution in [0.1, 0.15) is 11.1 Å². The normalized spacial score (nSPS) is 18.3. The Labute approximate surface area is 153 Å². The predicted octanol–water partition coefficient (Wildman–Crippen LogP) is 2.94. The summed E-state index contributed by atoms with van der Waals surface area (Å²) in [5, 5.41) is 2.93. The molecule has 2 aromatic carbocycles. The SMILES string of the molecule is CN(CC1Cc2ccccc2CN1C)C(=O)Nc1ccc2c(c1)OCO2. The number of carbonyl (C=O) groups is 1. The summed E-state index contributed by atoms with van der Waals surface area (Å²) in [6, 6.07) is 14.1. The molecule has 1 atom stereocenters. The Balaban J connectivity index is 1.38. The molecule has 2 amide bonds. The molecule has 0 spiro atoms. The second-order valence-electron chi connectivity index (χ2n) is 6.92. The molecule has 0 fully saturated rings. The third-order valence-corrected chi connectivity index (χ3v) is 5.07. The lowest BCUT2D eigenvalue weighted by molar-refractivity contribution is 0.166. The fourth-order valence-electron chi connectivity index (χ4n) is 3.51. The summed E-state index contributed by atoms with van der Waals surface area (Å²) >= 11 is 0. The van der Waals surface area contributed by atoms with E-state index < -0.39 is 0 Å². The smallest absolute Gasteiger partial charge is 0.321 e. The number of hydrogen-bond donors (Lipinski definition) is 1. The van der Waals surface area contributed by atoms with Crippen molar-refractivity contribution in [1.82, 2.24) is 9.80 Å². The van der Waals surface area contributed by atoms with Gasteiger partial charge >= 0.3 is 6.03 Å². The molecule has 0 saturated carbocycles. The summed E-state index contributed by atoms with van der Waals surface area (Å²) in [6.07, 6.45) is 0.953. The van der Waals surface area contributed by atoms with Crippen molar-refractivity contribution >= 4 is 11.7 Å². The van der Waals surface area contributed by atoms with Crippen molar-refractivity contribution in [2.24, 2.45) is 0 Å². The van der Waals surface area contributed by atoms with Crippen molar-refractivity contribution in [3.63, 3.8) is 0 Å². The van der Waals surface area contributed by atoms with Gasteiger partial charge in [-0.2, -0.15) is 0 Å². The molecule has 26 heavy (non-hydrogen) atoms. The topological polar surface area (TPSA) is 54.0 Å². The molecule has 0 aromatic heterocycles. The summed E-state index contributed by atoms with van der Waals surface area (Å²) in [5.41, 5.74) is 3.45. The van der Waals surface area contributed by atoms with Crippen molar-refractivity contribution < 1.29 is 14.3 Å². The molecule has 1 unspecified atom stereocenters. The van der Waals surface area contributed by atoms with Gasteiger partial charge < -0.3 is 19.7 Å². The van der Waals surface area contributed by atoms with E-state index in [1.54, 1.807) is 11.0 Å². The zero-order valence-electron chi connectivity index (χ0n) is 15.1. The standard InChI is InChI=1S/C20H23N3O3/c1-22-11-15-6-4-3-5-14(15)9-17(22)12-23(2)20(24)21-16-7-8-18-19(10-16)26-13-25-18/h3-8,10,17H,9,11-13H2,1-2H3,(H,21,24). The number of nitrogens with one attached hydrogen (secondary N) is 1. The van der Waals surface area contributed by atoms with Crippen molar-refractivity contribution in [2.45, 2.75) is 19.0 Å². The molecule has 0 aliphatic carbocycles. The second kappa shape index (κ2) is 6.88. The highest BCUT2D eigenvalue weighted by Gasteiger charge is 2.25. The molecule has 2 aromatic rings. The highest BCUT2D eigenvalue weighted by atomic mass is 16.7. The zero-order chi connectivity index (χ0) is 18.1. The van der Waals surface area contributed by atoms with E-state index in [1.807, 2.05) is 19.2 Å². The lowest BCUT2D eigenvalue weighted by atomic mass is 9.94. The zero-order valence-corrected chi connectivity index (χ0v) is 15.1. The molecule has 2 aliphatic heterocycles. The molecule has 4 rings (SSSR count). The van der Waals surface area contributed by atoms with Gasteiger partial charge in [0, 0.05) is 37.9 Å². The largest absolute Gasteiger partial charge is 0.454 e. The number of fused-ring (bicyclic) bond motifs is 2. The van der Waals surface area contributed by atoms with Gasteiger partial charge in [-0.3, -0.25) is 4.90 Å². The number of hydrogen-bond acceptors (Lipinski definition) is 4. The first-order valence-corrected chi connectivity index (χ1v) is 8.79. The average molecular weight is 353 g/mol. The molecule has 0 bridgehead atoms. The van der Waals surface area contributed by atoms with E-state index in [1.165, 1.54) is 11.1 Å². The Bertz CT molecular complexity index is 824. The quantitative estimate of drug-likeness (QED) is 0.922. The Hall–Kier alpha value is -2.73. The van der Waals surface area contributed by atoms with Crippen molar-refractivity contribution in [1.29, 1.82) is 0 Å². The van der Waals surface area contributed by atoms with Crippen molar-refractivity contribution in [2.75, 3.05) is 32.7 Å². The van der Waals surface area contributed by atoms with Gasteiger partial charge in [0.2, 0.25) is 6.79 Å². The molecule has 0 radical (unpaired) electrons. The van der Waals surface area contributed by atoms with E-state index in [-0.39, 0.29) is 12.8 Å². The number of nitrogens with zero attached hydrogens (tertiary/aromatic N) is 2. The fourth-order valence-corrected chi connectivity index (χ4v) is 3.51. The summed E-state index contributed by atoms with van der Waals surface area (Å²) in [5.74, 6) is 1.37. The van der Waals surface area contributed by atoms with E-state index in [9.17, 15) is 4.79 Å².